The summed E-state index contributed by atoms with van der Waals surface area (Å²) in [6.45, 7) is 4.11. The molecule has 1 heterocycles. The van der Waals surface area contributed by atoms with Gasteiger partial charge in [0.1, 0.15) is 6.10 Å². The first-order valence-corrected chi connectivity index (χ1v) is 8.43. The highest BCUT2D eigenvalue weighted by molar-refractivity contribution is 5.97. The quantitative estimate of drug-likeness (QED) is 0.464. The normalized spacial score (nSPS) is 15.3. The van der Waals surface area contributed by atoms with Crippen LogP contribution in [0.5, 0.6) is 0 Å². The van der Waals surface area contributed by atoms with Crippen LogP contribution in [0.15, 0.2) is 48.5 Å². The zero-order valence-corrected chi connectivity index (χ0v) is 14.5. The minimum Gasteiger partial charge on any atom is -0.454 e. The summed E-state index contributed by atoms with van der Waals surface area (Å²) < 4.78 is 10.9. The highest BCUT2D eigenvalue weighted by Crippen LogP contribution is 2.29. The van der Waals surface area contributed by atoms with Gasteiger partial charge in [0.15, 0.2) is 0 Å². The molecule has 3 rings (SSSR count). The van der Waals surface area contributed by atoms with Gasteiger partial charge in [0.2, 0.25) is 0 Å². The molecule has 26 heavy (non-hydrogen) atoms. The number of morpholine rings is 1. The number of non-ortho nitro benzene ring substituents is 1. The van der Waals surface area contributed by atoms with Gasteiger partial charge in [0, 0.05) is 25.2 Å². The predicted molar refractivity (Wildman–Crippen MR) is 96.4 cm³/mol. The van der Waals surface area contributed by atoms with Gasteiger partial charge < -0.3 is 14.4 Å². The van der Waals surface area contributed by atoms with Crippen molar-refractivity contribution in [2.75, 3.05) is 31.2 Å². The van der Waals surface area contributed by atoms with Gasteiger partial charge in [-0.2, -0.15) is 0 Å². The monoisotopic (exact) mass is 356 g/mol. The van der Waals surface area contributed by atoms with Crippen LogP contribution in [-0.4, -0.2) is 37.2 Å². The molecule has 1 aliphatic rings. The van der Waals surface area contributed by atoms with Crippen molar-refractivity contribution in [3.05, 3.63) is 69.8 Å². The molecule has 0 saturated carbocycles. The van der Waals surface area contributed by atoms with E-state index >= 15 is 0 Å². The number of nitro groups is 1. The second-order valence-electron chi connectivity index (χ2n) is 6.02. The summed E-state index contributed by atoms with van der Waals surface area (Å²) in [4.78, 5) is 25.4. The summed E-state index contributed by atoms with van der Waals surface area (Å²) >= 11 is 0. The first-order valence-electron chi connectivity index (χ1n) is 8.43. The third kappa shape index (κ3) is 4.00. The van der Waals surface area contributed by atoms with Crippen LogP contribution in [0.2, 0.25) is 0 Å². The van der Waals surface area contributed by atoms with E-state index in [-0.39, 0.29) is 11.3 Å². The zero-order valence-electron chi connectivity index (χ0n) is 14.5. The number of rotatable bonds is 5. The standard InChI is InChI=1S/C19H20N2O5/c1-14(15-5-3-2-4-6-15)26-19(22)17-13-16(21(23)24)7-8-18(17)20-9-11-25-12-10-20/h2-8,13-14H,9-12H2,1H3. The third-order valence-corrected chi connectivity index (χ3v) is 4.32. The Balaban J connectivity index is 1.88. The van der Waals surface area contributed by atoms with Crippen LogP contribution in [0.25, 0.3) is 0 Å². The molecule has 1 unspecified atom stereocenters. The lowest BCUT2D eigenvalue weighted by Crippen LogP contribution is -2.37. The molecule has 2 aromatic carbocycles. The first kappa shape index (κ1) is 17.9. The minimum absolute atomic E-state index is 0.138. The second kappa shape index (κ2) is 7.97. The molecule has 136 valence electrons. The predicted octanol–water partition coefficient (Wildman–Crippen LogP) is 3.35. The topological polar surface area (TPSA) is 81.9 Å². The SMILES string of the molecule is CC(OC(=O)c1cc([N+](=O)[O-])ccc1N1CCOCC1)c1ccccc1. The Labute approximate surface area is 151 Å². The molecule has 7 heteroatoms. The number of nitro benzene ring substituents is 1. The van der Waals surface area contributed by atoms with Gasteiger partial charge in [-0.3, -0.25) is 10.1 Å². The average Bonchev–Trinajstić information content (AvgIpc) is 2.68. The van der Waals surface area contributed by atoms with E-state index in [0.29, 0.717) is 32.0 Å². The zero-order chi connectivity index (χ0) is 18.5. The molecule has 0 aliphatic carbocycles. The summed E-state index contributed by atoms with van der Waals surface area (Å²) in [7, 11) is 0. The number of hydrogen-bond donors (Lipinski definition) is 0. The van der Waals surface area contributed by atoms with Gasteiger partial charge in [-0.1, -0.05) is 30.3 Å². The van der Waals surface area contributed by atoms with E-state index in [9.17, 15) is 14.9 Å². The molecular formula is C19H20N2O5. The number of ether oxygens (including phenoxy) is 2. The van der Waals surface area contributed by atoms with Crippen LogP contribution in [0.4, 0.5) is 11.4 Å². The number of nitrogens with zero attached hydrogens (tertiary/aromatic N) is 2. The molecule has 0 radical (unpaired) electrons. The largest absolute Gasteiger partial charge is 0.454 e. The van der Waals surface area contributed by atoms with Crippen molar-refractivity contribution in [3.63, 3.8) is 0 Å². The molecule has 1 saturated heterocycles. The van der Waals surface area contributed by atoms with E-state index in [4.69, 9.17) is 9.47 Å². The van der Waals surface area contributed by atoms with Gasteiger partial charge in [0.25, 0.3) is 5.69 Å². The van der Waals surface area contributed by atoms with Gasteiger partial charge in [0.05, 0.1) is 29.4 Å². The number of anilines is 1. The molecule has 0 aromatic heterocycles. The lowest BCUT2D eigenvalue weighted by atomic mass is 10.1. The number of hydrogen-bond acceptors (Lipinski definition) is 6. The van der Waals surface area contributed by atoms with E-state index in [0.717, 1.165) is 5.56 Å². The van der Waals surface area contributed by atoms with Gasteiger partial charge in [-0.05, 0) is 18.6 Å². The smallest absolute Gasteiger partial charge is 0.341 e. The second-order valence-corrected chi connectivity index (χ2v) is 6.02. The van der Waals surface area contributed by atoms with Crippen molar-refractivity contribution in [2.24, 2.45) is 0 Å². The molecule has 0 spiro atoms. The molecule has 0 amide bonds. The maximum atomic E-state index is 12.8. The molecule has 1 fully saturated rings. The molecule has 1 aliphatic heterocycles. The Kier molecular flexibility index (Phi) is 5.48. The Morgan fingerprint density at radius 1 is 1.19 bits per heavy atom. The van der Waals surface area contributed by atoms with Gasteiger partial charge in [-0.15, -0.1) is 0 Å². The highest BCUT2D eigenvalue weighted by Gasteiger charge is 2.24. The average molecular weight is 356 g/mol. The lowest BCUT2D eigenvalue weighted by Gasteiger charge is -2.30. The Morgan fingerprint density at radius 2 is 1.88 bits per heavy atom. The van der Waals surface area contributed by atoms with Crippen LogP contribution in [0.3, 0.4) is 0 Å². The fourth-order valence-electron chi connectivity index (χ4n) is 2.90. The van der Waals surface area contributed by atoms with Crippen LogP contribution in [-0.2, 0) is 9.47 Å². The van der Waals surface area contributed by atoms with E-state index in [1.807, 2.05) is 35.2 Å². The fraction of sp³-hybridized carbons (Fsp3) is 0.316. The molecular weight excluding hydrogens is 336 g/mol. The van der Waals surface area contributed by atoms with E-state index in [2.05, 4.69) is 0 Å². The van der Waals surface area contributed by atoms with Gasteiger partial charge >= 0.3 is 5.97 Å². The summed E-state index contributed by atoms with van der Waals surface area (Å²) in [6.07, 6.45) is -0.458. The summed E-state index contributed by atoms with van der Waals surface area (Å²) in [5, 5.41) is 11.1. The van der Waals surface area contributed by atoms with E-state index in [1.165, 1.54) is 12.1 Å². The number of carbonyl (C=O) groups excluding carboxylic acids is 1. The van der Waals surface area contributed by atoms with Crippen molar-refractivity contribution >= 4 is 17.3 Å². The van der Waals surface area contributed by atoms with E-state index in [1.54, 1.807) is 13.0 Å². The maximum absolute atomic E-state index is 12.8. The number of benzene rings is 2. The Morgan fingerprint density at radius 3 is 2.54 bits per heavy atom. The lowest BCUT2D eigenvalue weighted by molar-refractivity contribution is -0.384. The van der Waals surface area contributed by atoms with Gasteiger partial charge in [-0.25, -0.2) is 4.79 Å². The minimum atomic E-state index is -0.577. The van der Waals surface area contributed by atoms with Crippen molar-refractivity contribution in [1.82, 2.24) is 0 Å². The number of carbonyl (C=O) groups is 1. The maximum Gasteiger partial charge on any atom is 0.341 e. The Bertz CT molecular complexity index is 788. The van der Waals surface area contributed by atoms with E-state index < -0.39 is 17.0 Å². The highest BCUT2D eigenvalue weighted by atomic mass is 16.6. The molecule has 7 nitrogen and oxygen atoms in total. The number of esters is 1. The van der Waals surface area contributed by atoms with Crippen molar-refractivity contribution < 1.29 is 19.2 Å². The van der Waals surface area contributed by atoms with Crippen LogP contribution in [0.1, 0.15) is 28.9 Å². The van der Waals surface area contributed by atoms with Crippen molar-refractivity contribution in [3.8, 4) is 0 Å². The first-order chi connectivity index (χ1) is 12.6. The fourth-order valence-corrected chi connectivity index (χ4v) is 2.90. The molecule has 0 N–H and O–H groups in total. The molecule has 1 atom stereocenters. The van der Waals surface area contributed by atoms with Crippen molar-refractivity contribution in [1.29, 1.82) is 0 Å². The molecule has 2 aromatic rings. The van der Waals surface area contributed by atoms with Crippen LogP contribution < -0.4 is 4.90 Å². The van der Waals surface area contributed by atoms with Crippen LogP contribution in [0, 0.1) is 10.1 Å². The Hall–Kier alpha value is -2.93. The summed E-state index contributed by atoms with van der Waals surface area (Å²) in [5.41, 5.74) is 1.55. The van der Waals surface area contributed by atoms with Crippen molar-refractivity contribution in [2.45, 2.75) is 13.0 Å². The molecule has 0 bridgehead atoms. The third-order valence-electron chi connectivity index (χ3n) is 4.32. The summed E-state index contributed by atoms with van der Waals surface area (Å²) in [5.74, 6) is -0.577. The summed E-state index contributed by atoms with van der Waals surface area (Å²) in [6, 6.07) is 13.6. The van der Waals surface area contributed by atoms with Crippen LogP contribution >= 0.6 is 0 Å².